The summed E-state index contributed by atoms with van der Waals surface area (Å²) in [6, 6.07) is 5.11. The van der Waals surface area contributed by atoms with Crippen LogP contribution in [0.4, 0.5) is 0 Å². The fourth-order valence-electron chi connectivity index (χ4n) is 0.858. The predicted octanol–water partition coefficient (Wildman–Crippen LogP) is 2.87. The van der Waals surface area contributed by atoms with Gasteiger partial charge in [0.2, 0.25) is 0 Å². The van der Waals surface area contributed by atoms with E-state index < -0.39 is 0 Å². The zero-order chi connectivity index (χ0) is 9.84. The van der Waals surface area contributed by atoms with Gasteiger partial charge in [-0.3, -0.25) is 4.99 Å². The first kappa shape index (κ1) is 10.1. The van der Waals surface area contributed by atoms with E-state index in [1.54, 1.807) is 24.4 Å². The lowest BCUT2D eigenvalue weighted by molar-refractivity contribution is 0.474. The zero-order valence-electron chi connectivity index (χ0n) is 7.66. The van der Waals surface area contributed by atoms with E-state index in [-0.39, 0.29) is 11.8 Å². The standard InChI is InChI=1S/C10H12ClNO/c1-7(2)12-6-8-5-9(11)3-4-10(8)13/h3-7,13H,1-2H3/b12-6+. The minimum absolute atomic E-state index is 0.203. The number of phenolic OH excluding ortho intramolecular Hbond substituents is 1. The van der Waals surface area contributed by atoms with Crippen LogP contribution in [0.5, 0.6) is 5.75 Å². The first-order valence-corrected chi connectivity index (χ1v) is 4.49. The largest absolute Gasteiger partial charge is 0.507 e. The lowest BCUT2D eigenvalue weighted by Crippen LogP contribution is -1.90. The van der Waals surface area contributed by atoms with Crippen LogP contribution in [0.1, 0.15) is 19.4 Å². The molecular formula is C10H12ClNO. The summed E-state index contributed by atoms with van der Waals surface area (Å²) in [6.07, 6.45) is 1.63. The number of phenols is 1. The molecule has 13 heavy (non-hydrogen) atoms. The van der Waals surface area contributed by atoms with Crippen LogP contribution < -0.4 is 0 Å². The van der Waals surface area contributed by atoms with Crippen molar-refractivity contribution in [2.24, 2.45) is 4.99 Å². The molecule has 0 heterocycles. The smallest absolute Gasteiger partial charge is 0.124 e. The van der Waals surface area contributed by atoms with Crippen molar-refractivity contribution in [2.45, 2.75) is 19.9 Å². The van der Waals surface area contributed by atoms with Crippen LogP contribution in [0.15, 0.2) is 23.2 Å². The molecule has 0 aliphatic carbocycles. The summed E-state index contributed by atoms with van der Waals surface area (Å²) in [4.78, 5) is 4.15. The Morgan fingerprint density at radius 3 is 2.77 bits per heavy atom. The molecule has 0 spiro atoms. The molecule has 1 rings (SSSR count). The molecule has 1 aromatic carbocycles. The first-order chi connectivity index (χ1) is 6.09. The van der Waals surface area contributed by atoms with Crippen molar-refractivity contribution in [3.8, 4) is 5.75 Å². The summed E-state index contributed by atoms with van der Waals surface area (Å²) >= 11 is 5.76. The topological polar surface area (TPSA) is 32.6 Å². The van der Waals surface area contributed by atoms with Gasteiger partial charge in [0, 0.05) is 22.8 Å². The van der Waals surface area contributed by atoms with Gasteiger partial charge in [-0.15, -0.1) is 0 Å². The molecule has 0 aromatic heterocycles. The fraction of sp³-hybridized carbons (Fsp3) is 0.300. The molecule has 0 radical (unpaired) electrons. The molecular weight excluding hydrogens is 186 g/mol. The summed E-state index contributed by atoms with van der Waals surface area (Å²) < 4.78 is 0. The van der Waals surface area contributed by atoms with E-state index in [1.165, 1.54) is 0 Å². The maximum absolute atomic E-state index is 9.40. The highest BCUT2D eigenvalue weighted by Gasteiger charge is 1.98. The molecule has 0 amide bonds. The SMILES string of the molecule is CC(C)/N=C/c1cc(Cl)ccc1O. The lowest BCUT2D eigenvalue weighted by atomic mass is 10.2. The van der Waals surface area contributed by atoms with E-state index in [4.69, 9.17) is 11.6 Å². The average molecular weight is 198 g/mol. The van der Waals surface area contributed by atoms with Crippen LogP contribution in [0, 0.1) is 0 Å². The fourth-order valence-corrected chi connectivity index (χ4v) is 1.04. The van der Waals surface area contributed by atoms with E-state index in [0.717, 1.165) is 0 Å². The van der Waals surface area contributed by atoms with E-state index in [2.05, 4.69) is 4.99 Å². The van der Waals surface area contributed by atoms with Crippen molar-refractivity contribution in [1.82, 2.24) is 0 Å². The Kier molecular flexibility index (Phi) is 3.32. The number of nitrogens with zero attached hydrogens (tertiary/aromatic N) is 1. The molecule has 3 heteroatoms. The van der Waals surface area contributed by atoms with Crippen LogP contribution in [0.25, 0.3) is 0 Å². The highest BCUT2D eigenvalue weighted by molar-refractivity contribution is 6.30. The van der Waals surface area contributed by atoms with Gasteiger partial charge >= 0.3 is 0 Å². The second-order valence-corrected chi connectivity index (χ2v) is 3.51. The van der Waals surface area contributed by atoms with E-state index in [1.807, 2.05) is 13.8 Å². The molecule has 0 atom stereocenters. The van der Waals surface area contributed by atoms with Crippen molar-refractivity contribution in [3.63, 3.8) is 0 Å². The normalized spacial score (nSPS) is 11.4. The third-order valence-electron chi connectivity index (χ3n) is 1.50. The number of hydrogen-bond acceptors (Lipinski definition) is 2. The predicted molar refractivity (Wildman–Crippen MR) is 55.8 cm³/mol. The Bertz CT molecular complexity index is 321. The molecule has 0 bridgehead atoms. The molecule has 0 aliphatic heterocycles. The zero-order valence-corrected chi connectivity index (χ0v) is 8.42. The van der Waals surface area contributed by atoms with Gasteiger partial charge in [0.1, 0.15) is 5.75 Å². The number of aromatic hydroxyl groups is 1. The van der Waals surface area contributed by atoms with Crippen LogP contribution >= 0.6 is 11.6 Å². The lowest BCUT2D eigenvalue weighted by Gasteiger charge is -1.99. The van der Waals surface area contributed by atoms with Gasteiger partial charge in [0.25, 0.3) is 0 Å². The minimum Gasteiger partial charge on any atom is -0.507 e. The van der Waals surface area contributed by atoms with Gasteiger partial charge in [-0.2, -0.15) is 0 Å². The highest BCUT2D eigenvalue weighted by atomic mass is 35.5. The summed E-state index contributed by atoms with van der Waals surface area (Å²) in [5.41, 5.74) is 0.654. The van der Waals surface area contributed by atoms with Crippen molar-refractivity contribution in [2.75, 3.05) is 0 Å². The van der Waals surface area contributed by atoms with Gasteiger partial charge in [-0.05, 0) is 32.0 Å². The second-order valence-electron chi connectivity index (χ2n) is 3.08. The average Bonchev–Trinajstić information content (AvgIpc) is 2.06. The molecule has 0 unspecified atom stereocenters. The summed E-state index contributed by atoms with van der Waals surface area (Å²) in [6.45, 7) is 3.94. The van der Waals surface area contributed by atoms with Crippen molar-refractivity contribution >= 4 is 17.8 Å². The summed E-state index contributed by atoms with van der Waals surface area (Å²) in [5.74, 6) is 0.203. The van der Waals surface area contributed by atoms with Gasteiger partial charge in [-0.1, -0.05) is 11.6 Å². The van der Waals surface area contributed by atoms with E-state index in [9.17, 15) is 5.11 Å². The van der Waals surface area contributed by atoms with E-state index in [0.29, 0.717) is 10.6 Å². The summed E-state index contributed by atoms with van der Waals surface area (Å²) in [7, 11) is 0. The summed E-state index contributed by atoms with van der Waals surface area (Å²) in [5, 5.41) is 10.00. The van der Waals surface area contributed by atoms with Crippen molar-refractivity contribution in [3.05, 3.63) is 28.8 Å². The van der Waals surface area contributed by atoms with Gasteiger partial charge in [-0.25, -0.2) is 0 Å². The Morgan fingerprint density at radius 2 is 2.15 bits per heavy atom. The van der Waals surface area contributed by atoms with Crippen LogP contribution in [-0.4, -0.2) is 17.4 Å². The highest BCUT2D eigenvalue weighted by Crippen LogP contribution is 2.19. The third kappa shape index (κ3) is 3.07. The molecule has 1 aromatic rings. The second kappa shape index (κ2) is 4.28. The molecule has 0 saturated heterocycles. The van der Waals surface area contributed by atoms with Gasteiger partial charge in [0.15, 0.2) is 0 Å². The number of rotatable bonds is 2. The molecule has 0 fully saturated rings. The number of halogens is 1. The Hall–Kier alpha value is -1.02. The quantitative estimate of drug-likeness (QED) is 0.727. The monoisotopic (exact) mass is 197 g/mol. The maximum atomic E-state index is 9.40. The molecule has 2 nitrogen and oxygen atoms in total. The number of benzene rings is 1. The van der Waals surface area contributed by atoms with Crippen molar-refractivity contribution in [1.29, 1.82) is 0 Å². The van der Waals surface area contributed by atoms with Crippen molar-refractivity contribution < 1.29 is 5.11 Å². The van der Waals surface area contributed by atoms with Gasteiger partial charge < -0.3 is 5.11 Å². The maximum Gasteiger partial charge on any atom is 0.124 e. The van der Waals surface area contributed by atoms with Crippen LogP contribution in [0.2, 0.25) is 5.02 Å². The molecule has 0 saturated carbocycles. The number of aliphatic imine (C=N–C) groups is 1. The van der Waals surface area contributed by atoms with Gasteiger partial charge in [0.05, 0.1) is 0 Å². The molecule has 1 N–H and O–H groups in total. The third-order valence-corrected chi connectivity index (χ3v) is 1.74. The Balaban J connectivity index is 2.93. The molecule has 70 valence electrons. The van der Waals surface area contributed by atoms with Crippen LogP contribution in [0.3, 0.4) is 0 Å². The number of hydrogen-bond donors (Lipinski definition) is 1. The Morgan fingerprint density at radius 1 is 1.46 bits per heavy atom. The first-order valence-electron chi connectivity index (χ1n) is 4.11. The Labute approximate surface area is 82.9 Å². The molecule has 0 aliphatic rings. The van der Waals surface area contributed by atoms with E-state index >= 15 is 0 Å². The minimum atomic E-state index is 0.203. The van der Waals surface area contributed by atoms with Crippen LogP contribution in [-0.2, 0) is 0 Å².